The SMILES string of the molecule is OC1CCc2c(C3CC3)coc2C1. The van der Waals surface area contributed by atoms with E-state index < -0.39 is 0 Å². The third kappa shape index (κ3) is 1.20. The molecule has 1 fully saturated rings. The molecule has 1 saturated carbocycles. The third-order valence-electron chi connectivity index (χ3n) is 3.18. The van der Waals surface area contributed by atoms with E-state index in [0.29, 0.717) is 0 Å². The van der Waals surface area contributed by atoms with E-state index in [-0.39, 0.29) is 6.10 Å². The van der Waals surface area contributed by atoms with E-state index in [0.717, 1.165) is 30.9 Å². The van der Waals surface area contributed by atoms with Gasteiger partial charge in [0.1, 0.15) is 5.76 Å². The molecule has 2 aliphatic carbocycles. The lowest BCUT2D eigenvalue weighted by atomic mass is 9.92. The Bertz CT molecular complexity index is 323. The van der Waals surface area contributed by atoms with Gasteiger partial charge in [-0.15, -0.1) is 0 Å². The molecule has 1 unspecified atom stereocenters. The number of fused-ring (bicyclic) bond motifs is 1. The van der Waals surface area contributed by atoms with E-state index in [2.05, 4.69) is 0 Å². The molecule has 1 atom stereocenters. The molecule has 3 rings (SSSR count). The minimum atomic E-state index is -0.175. The van der Waals surface area contributed by atoms with Crippen LogP contribution in [0.3, 0.4) is 0 Å². The van der Waals surface area contributed by atoms with Crippen LogP contribution in [0.1, 0.15) is 42.1 Å². The highest BCUT2D eigenvalue weighted by atomic mass is 16.3. The van der Waals surface area contributed by atoms with E-state index >= 15 is 0 Å². The summed E-state index contributed by atoms with van der Waals surface area (Å²) in [7, 11) is 0. The van der Waals surface area contributed by atoms with E-state index in [1.807, 2.05) is 6.26 Å². The van der Waals surface area contributed by atoms with Crippen LogP contribution in [0.4, 0.5) is 0 Å². The predicted octanol–water partition coefficient (Wildman–Crippen LogP) is 2.01. The van der Waals surface area contributed by atoms with E-state index in [9.17, 15) is 5.11 Å². The molecule has 1 aromatic rings. The summed E-state index contributed by atoms with van der Waals surface area (Å²) in [6.07, 6.45) is 7.04. The van der Waals surface area contributed by atoms with Crippen molar-refractivity contribution in [3.05, 3.63) is 23.2 Å². The highest BCUT2D eigenvalue weighted by Crippen LogP contribution is 2.44. The third-order valence-corrected chi connectivity index (χ3v) is 3.18. The fraction of sp³-hybridized carbons (Fsp3) is 0.636. The van der Waals surface area contributed by atoms with Crippen molar-refractivity contribution in [3.63, 3.8) is 0 Å². The van der Waals surface area contributed by atoms with Gasteiger partial charge in [-0.1, -0.05) is 0 Å². The van der Waals surface area contributed by atoms with Gasteiger partial charge in [0.05, 0.1) is 12.4 Å². The lowest BCUT2D eigenvalue weighted by Crippen LogP contribution is -2.17. The number of aliphatic hydroxyl groups is 1. The smallest absolute Gasteiger partial charge is 0.109 e. The first kappa shape index (κ1) is 7.63. The predicted molar refractivity (Wildman–Crippen MR) is 48.7 cm³/mol. The van der Waals surface area contributed by atoms with Crippen molar-refractivity contribution in [1.29, 1.82) is 0 Å². The van der Waals surface area contributed by atoms with Gasteiger partial charge in [-0.25, -0.2) is 0 Å². The van der Waals surface area contributed by atoms with Gasteiger partial charge in [0.15, 0.2) is 0 Å². The molecule has 0 spiro atoms. The Kier molecular flexibility index (Phi) is 1.53. The molecule has 0 aliphatic heterocycles. The van der Waals surface area contributed by atoms with Gasteiger partial charge >= 0.3 is 0 Å². The Morgan fingerprint density at radius 1 is 1.31 bits per heavy atom. The summed E-state index contributed by atoms with van der Waals surface area (Å²) >= 11 is 0. The molecule has 0 radical (unpaired) electrons. The Morgan fingerprint density at radius 3 is 2.92 bits per heavy atom. The van der Waals surface area contributed by atoms with E-state index in [4.69, 9.17) is 4.42 Å². The zero-order valence-corrected chi connectivity index (χ0v) is 7.62. The first-order valence-corrected chi connectivity index (χ1v) is 5.12. The van der Waals surface area contributed by atoms with Crippen molar-refractivity contribution in [3.8, 4) is 0 Å². The zero-order chi connectivity index (χ0) is 8.84. The van der Waals surface area contributed by atoms with Gasteiger partial charge in [0.25, 0.3) is 0 Å². The Hall–Kier alpha value is -0.760. The highest BCUT2D eigenvalue weighted by Gasteiger charge is 2.31. The molecule has 1 N–H and O–H groups in total. The van der Waals surface area contributed by atoms with Crippen LogP contribution in [0.2, 0.25) is 0 Å². The van der Waals surface area contributed by atoms with Gasteiger partial charge in [-0.3, -0.25) is 0 Å². The van der Waals surface area contributed by atoms with Crippen LogP contribution in [0.5, 0.6) is 0 Å². The maximum Gasteiger partial charge on any atom is 0.109 e. The largest absolute Gasteiger partial charge is 0.469 e. The summed E-state index contributed by atoms with van der Waals surface area (Å²) in [4.78, 5) is 0. The Balaban J connectivity index is 1.97. The second-order valence-electron chi connectivity index (χ2n) is 4.26. The summed E-state index contributed by atoms with van der Waals surface area (Å²) in [5.41, 5.74) is 2.84. The fourth-order valence-corrected chi connectivity index (χ4v) is 2.26. The summed E-state index contributed by atoms with van der Waals surface area (Å²) in [6.45, 7) is 0. The molecule has 0 bridgehead atoms. The summed E-state index contributed by atoms with van der Waals surface area (Å²) in [5.74, 6) is 1.82. The summed E-state index contributed by atoms with van der Waals surface area (Å²) in [5, 5.41) is 9.46. The maximum atomic E-state index is 9.46. The maximum absolute atomic E-state index is 9.46. The topological polar surface area (TPSA) is 33.4 Å². The molecule has 1 aromatic heterocycles. The van der Waals surface area contributed by atoms with Crippen LogP contribution in [-0.2, 0) is 12.8 Å². The minimum absolute atomic E-state index is 0.175. The van der Waals surface area contributed by atoms with E-state index in [1.165, 1.54) is 24.0 Å². The molecule has 2 nitrogen and oxygen atoms in total. The van der Waals surface area contributed by atoms with Gasteiger partial charge in [-0.05, 0) is 42.7 Å². The zero-order valence-electron chi connectivity index (χ0n) is 7.62. The molecule has 0 saturated heterocycles. The second kappa shape index (κ2) is 2.61. The molecule has 13 heavy (non-hydrogen) atoms. The van der Waals surface area contributed by atoms with Crippen molar-refractivity contribution < 1.29 is 9.52 Å². The van der Waals surface area contributed by atoms with Gasteiger partial charge < -0.3 is 9.52 Å². The number of hydrogen-bond acceptors (Lipinski definition) is 2. The molecule has 2 aliphatic rings. The fourth-order valence-electron chi connectivity index (χ4n) is 2.26. The molecule has 0 amide bonds. The van der Waals surface area contributed by atoms with Crippen LogP contribution in [0.15, 0.2) is 10.7 Å². The highest BCUT2D eigenvalue weighted by molar-refractivity contribution is 5.35. The standard InChI is InChI=1S/C11H14O2/c12-8-3-4-9-10(7-1-2-7)6-13-11(9)5-8/h6-8,12H,1-5H2. The summed E-state index contributed by atoms with van der Waals surface area (Å²) in [6, 6.07) is 0. The van der Waals surface area contributed by atoms with Crippen molar-refractivity contribution >= 4 is 0 Å². The molecule has 0 aromatic carbocycles. The summed E-state index contributed by atoms with van der Waals surface area (Å²) < 4.78 is 5.50. The van der Waals surface area contributed by atoms with Gasteiger partial charge in [0.2, 0.25) is 0 Å². The van der Waals surface area contributed by atoms with Crippen LogP contribution in [0, 0.1) is 0 Å². The van der Waals surface area contributed by atoms with Crippen molar-refractivity contribution in [2.75, 3.05) is 0 Å². The lowest BCUT2D eigenvalue weighted by Gasteiger charge is -2.16. The van der Waals surface area contributed by atoms with Crippen molar-refractivity contribution in [1.82, 2.24) is 0 Å². The first-order chi connectivity index (χ1) is 6.34. The number of furan rings is 1. The van der Waals surface area contributed by atoms with Gasteiger partial charge in [0, 0.05) is 6.42 Å². The van der Waals surface area contributed by atoms with Crippen LogP contribution >= 0.6 is 0 Å². The minimum Gasteiger partial charge on any atom is -0.469 e. The molecular formula is C11H14O2. The van der Waals surface area contributed by atoms with Crippen LogP contribution in [0.25, 0.3) is 0 Å². The first-order valence-electron chi connectivity index (χ1n) is 5.12. The van der Waals surface area contributed by atoms with Crippen LogP contribution in [-0.4, -0.2) is 11.2 Å². The Morgan fingerprint density at radius 2 is 2.15 bits per heavy atom. The number of rotatable bonds is 1. The van der Waals surface area contributed by atoms with Crippen molar-refractivity contribution in [2.24, 2.45) is 0 Å². The molecule has 70 valence electrons. The Labute approximate surface area is 77.6 Å². The monoisotopic (exact) mass is 178 g/mol. The number of hydrogen-bond donors (Lipinski definition) is 1. The normalized spacial score (nSPS) is 27.3. The van der Waals surface area contributed by atoms with Crippen molar-refractivity contribution in [2.45, 2.75) is 44.1 Å². The quantitative estimate of drug-likeness (QED) is 0.713. The molecule has 1 heterocycles. The molecular weight excluding hydrogens is 164 g/mol. The lowest BCUT2D eigenvalue weighted by molar-refractivity contribution is 0.150. The number of aliphatic hydroxyl groups excluding tert-OH is 1. The van der Waals surface area contributed by atoms with Crippen LogP contribution < -0.4 is 0 Å². The molecule has 2 heteroatoms. The second-order valence-corrected chi connectivity index (χ2v) is 4.26. The average Bonchev–Trinajstić information content (AvgIpc) is 2.87. The average molecular weight is 178 g/mol. The van der Waals surface area contributed by atoms with E-state index in [1.54, 1.807) is 0 Å². The van der Waals surface area contributed by atoms with Gasteiger partial charge in [-0.2, -0.15) is 0 Å².